The topological polar surface area (TPSA) is 64.3 Å². The zero-order valence-electron chi connectivity index (χ0n) is 10.5. The lowest BCUT2D eigenvalue weighted by molar-refractivity contribution is -0.123. The van der Waals surface area contributed by atoms with Crippen LogP contribution in [0.2, 0.25) is 5.02 Å². The number of carbonyl (C=O) groups is 1. The number of amides is 1. The molecule has 0 fully saturated rings. The van der Waals surface area contributed by atoms with Gasteiger partial charge in [0, 0.05) is 24.7 Å². The molecule has 1 aromatic carbocycles. The summed E-state index contributed by atoms with van der Waals surface area (Å²) in [5, 5.41) is 3.45. The number of carbonyl (C=O) groups excluding carboxylic acids is 1. The van der Waals surface area contributed by atoms with E-state index in [1.807, 2.05) is 25.1 Å². The molecule has 0 saturated carbocycles. The van der Waals surface area contributed by atoms with Crippen molar-refractivity contribution in [2.75, 3.05) is 13.2 Å². The second-order valence-electron chi connectivity index (χ2n) is 3.89. The highest BCUT2D eigenvalue weighted by atomic mass is 35.5. The predicted octanol–water partition coefficient (Wildman–Crippen LogP) is 1.71. The van der Waals surface area contributed by atoms with Crippen molar-refractivity contribution in [2.45, 2.75) is 26.0 Å². The van der Waals surface area contributed by atoms with E-state index >= 15 is 0 Å². The van der Waals surface area contributed by atoms with Gasteiger partial charge in [0.15, 0.2) is 0 Å². The molecule has 0 radical (unpaired) electrons. The van der Waals surface area contributed by atoms with E-state index in [9.17, 15) is 4.79 Å². The zero-order chi connectivity index (χ0) is 13.4. The van der Waals surface area contributed by atoms with Crippen LogP contribution in [0.25, 0.3) is 0 Å². The number of hydrogen-bond acceptors (Lipinski definition) is 3. The van der Waals surface area contributed by atoms with Crippen LogP contribution in [0.5, 0.6) is 0 Å². The molecule has 100 valence electrons. The Balaban J connectivity index is 2.39. The van der Waals surface area contributed by atoms with Crippen LogP contribution in [0.15, 0.2) is 24.3 Å². The molecule has 1 atom stereocenters. The molecule has 4 nitrogen and oxygen atoms in total. The average molecular weight is 271 g/mol. The van der Waals surface area contributed by atoms with Gasteiger partial charge in [0.1, 0.15) is 0 Å². The second kappa shape index (κ2) is 8.08. The molecule has 5 heteroatoms. The van der Waals surface area contributed by atoms with Gasteiger partial charge in [0.25, 0.3) is 0 Å². The van der Waals surface area contributed by atoms with Gasteiger partial charge in [-0.15, -0.1) is 0 Å². The Labute approximate surface area is 112 Å². The lowest BCUT2D eigenvalue weighted by atomic mass is 10.2. The fraction of sp³-hybridized carbons (Fsp3) is 0.462. The van der Waals surface area contributed by atoms with Crippen LogP contribution in [-0.2, 0) is 16.1 Å². The molecular formula is C13H19ClN2O2. The Morgan fingerprint density at radius 3 is 2.83 bits per heavy atom. The first-order chi connectivity index (χ1) is 8.67. The Bertz CT molecular complexity index is 385. The largest absolute Gasteiger partial charge is 0.377 e. The number of hydrogen-bond donors (Lipinski definition) is 2. The third-order valence-electron chi connectivity index (χ3n) is 2.51. The van der Waals surface area contributed by atoms with Crippen LogP contribution in [0.1, 0.15) is 18.9 Å². The van der Waals surface area contributed by atoms with Crippen molar-refractivity contribution in [1.29, 1.82) is 0 Å². The minimum absolute atomic E-state index is 0.0844. The summed E-state index contributed by atoms with van der Waals surface area (Å²) in [6, 6.07) is 7.42. The summed E-state index contributed by atoms with van der Waals surface area (Å²) in [5.41, 5.74) is 6.41. The normalized spacial score (nSPS) is 12.2. The molecule has 0 spiro atoms. The van der Waals surface area contributed by atoms with E-state index in [0.29, 0.717) is 24.7 Å². The summed E-state index contributed by atoms with van der Waals surface area (Å²) < 4.78 is 5.33. The van der Waals surface area contributed by atoms with Crippen molar-refractivity contribution in [3.05, 3.63) is 34.9 Å². The maximum Gasteiger partial charge on any atom is 0.222 e. The molecule has 1 rings (SSSR count). The Morgan fingerprint density at radius 2 is 2.22 bits per heavy atom. The number of nitrogens with one attached hydrogen (secondary N) is 1. The number of ether oxygens (including phenoxy) is 1. The van der Waals surface area contributed by atoms with Crippen LogP contribution in [0.4, 0.5) is 0 Å². The SMILES string of the molecule is CCOC(CN)CC(=O)NCc1ccccc1Cl. The first-order valence-corrected chi connectivity index (χ1v) is 6.37. The molecule has 3 N–H and O–H groups in total. The van der Waals surface area contributed by atoms with Gasteiger partial charge < -0.3 is 15.8 Å². The molecule has 0 heterocycles. The maximum atomic E-state index is 11.7. The minimum atomic E-state index is -0.221. The quantitative estimate of drug-likeness (QED) is 0.793. The van der Waals surface area contributed by atoms with Gasteiger partial charge in [-0.3, -0.25) is 4.79 Å². The molecular weight excluding hydrogens is 252 g/mol. The molecule has 0 aromatic heterocycles. The molecule has 1 unspecified atom stereocenters. The van der Waals surface area contributed by atoms with Crippen molar-refractivity contribution >= 4 is 17.5 Å². The smallest absolute Gasteiger partial charge is 0.222 e. The maximum absolute atomic E-state index is 11.7. The first kappa shape index (κ1) is 15.0. The minimum Gasteiger partial charge on any atom is -0.377 e. The van der Waals surface area contributed by atoms with Crippen LogP contribution in [-0.4, -0.2) is 25.2 Å². The molecule has 0 aliphatic rings. The average Bonchev–Trinajstić information content (AvgIpc) is 2.37. The summed E-state index contributed by atoms with van der Waals surface area (Å²) in [5.74, 6) is -0.0844. The van der Waals surface area contributed by atoms with Crippen molar-refractivity contribution in [3.63, 3.8) is 0 Å². The van der Waals surface area contributed by atoms with Gasteiger partial charge in [-0.05, 0) is 18.6 Å². The van der Waals surface area contributed by atoms with Gasteiger partial charge in [-0.25, -0.2) is 0 Å². The number of benzene rings is 1. The lowest BCUT2D eigenvalue weighted by Crippen LogP contribution is -2.32. The van der Waals surface area contributed by atoms with E-state index in [1.165, 1.54) is 0 Å². The molecule has 0 saturated heterocycles. The number of nitrogens with two attached hydrogens (primary N) is 1. The van der Waals surface area contributed by atoms with Crippen molar-refractivity contribution in [2.24, 2.45) is 5.73 Å². The summed E-state index contributed by atoms with van der Waals surface area (Å²) in [6.45, 7) is 3.19. The van der Waals surface area contributed by atoms with E-state index in [2.05, 4.69) is 5.32 Å². The van der Waals surface area contributed by atoms with Crippen molar-refractivity contribution in [1.82, 2.24) is 5.32 Å². The third kappa shape index (κ3) is 5.04. The molecule has 1 amide bonds. The molecule has 18 heavy (non-hydrogen) atoms. The van der Waals surface area contributed by atoms with Crippen molar-refractivity contribution < 1.29 is 9.53 Å². The summed E-state index contributed by atoms with van der Waals surface area (Å²) >= 11 is 5.99. The van der Waals surface area contributed by atoms with Crippen molar-refractivity contribution in [3.8, 4) is 0 Å². The van der Waals surface area contributed by atoms with Gasteiger partial charge in [0.05, 0.1) is 12.5 Å². The van der Waals surface area contributed by atoms with E-state index in [4.69, 9.17) is 22.1 Å². The van der Waals surface area contributed by atoms with Gasteiger partial charge in [0.2, 0.25) is 5.91 Å². The zero-order valence-corrected chi connectivity index (χ0v) is 11.2. The summed E-state index contributed by atoms with van der Waals surface area (Å²) in [4.78, 5) is 11.7. The highest BCUT2D eigenvalue weighted by Crippen LogP contribution is 2.14. The van der Waals surface area contributed by atoms with Crippen LogP contribution < -0.4 is 11.1 Å². The Kier molecular flexibility index (Phi) is 6.72. The fourth-order valence-corrected chi connectivity index (χ4v) is 1.76. The van der Waals surface area contributed by atoms with E-state index in [1.54, 1.807) is 6.07 Å². The summed E-state index contributed by atoms with van der Waals surface area (Å²) in [7, 11) is 0. The Morgan fingerprint density at radius 1 is 1.50 bits per heavy atom. The van der Waals surface area contributed by atoms with Gasteiger partial charge in [-0.1, -0.05) is 29.8 Å². The molecule has 1 aromatic rings. The number of rotatable bonds is 7. The third-order valence-corrected chi connectivity index (χ3v) is 2.88. The fourth-order valence-electron chi connectivity index (χ4n) is 1.56. The standard InChI is InChI=1S/C13H19ClN2O2/c1-2-18-11(8-15)7-13(17)16-9-10-5-3-4-6-12(10)14/h3-6,11H,2,7-9,15H2,1H3,(H,16,17). The monoisotopic (exact) mass is 270 g/mol. The van der Waals surface area contributed by atoms with Crippen LogP contribution in [0.3, 0.4) is 0 Å². The molecule has 0 aliphatic heterocycles. The van der Waals surface area contributed by atoms with Gasteiger partial charge in [-0.2, -0.15) is 0 Å². The van der Waals surface area contributed by atoms with E-state index in [0.717, 1.165) is 5.56 Å². The predicted molar refractivity (Wildman–Crippen MR) is 72.4 cm³/mol. The molecule has 0 aliphatic carbocycles. The van der Waals surface area contributed by atoms with E-state index in [-0.39, 0.29) is 18.4 Å². The first-order valence-electron chi connectivity index (χ1n) is 5.99. The van der Waals surface area contributed by atoms with Gasteiger partial charge >= 0.3 is 0 Å². The Hall–Kier alpha value is -1.10. The highest BCUT2D eigenvalue weighted by Gasteiger charge is 2.12. The highest BCUT2D eigenvalue weighted by molar-refractivity contribution is 6.31. The lowest BCUT2D eigenvalue weighted by Gasteiger charge is -2.14. The second-order valence-corrected chi connectivity index (χ2v) is 4.29. The summed E-state index contributed by atoms with van der Waals surface area (Å²) in [6.07, 6.45) is 0.0515. The van der Waals surface area contributed by atoms with Crippen LogP contribution >= 0.6 is 11.6 Å². The molecule has 0 bridgehead atoms. The number of halogens is 1. The van der Waals surface area contributed by atoms with E-state index < -0.39 is 0 Å². The van der Waals surface area contributed by atoms with Crippen LogP contribution in [0, 0.1) is 0 Å².